The number of aromatic nitrogens is 2. The van der Waals surface area contributed by atoms with Crippen molar-refractivity contribution in [1.82, 2.24) is 20.8 Å². The average molecular weight is 397 g/mol. The van der Waals surface area contributed by atoms with Gasteiger partial charge in [0.25, 0.3) is 5.69 Å². The van der Waals surface area contributed by atoms with Crippen LogP contribution in [0, 0.1) is 23.0 Å². The number of fused-ring (bicyclic) bond motifs is 1. The van der Waals surface area contributed by atoms with E-state index in [-0.39, 0.29) is 35.6 Å². The van der Waals surface area contributed by atoms with Crippen molar-refractivity contribution in [3.63, 3.8) is 0 Å². The number of primary amides is 1. The van der Waals surface area contributed by atoms with Gasteiger partial charge in [-0.15, -0.1) is 0 Å². The predicted octanol–water partition coefficient (Wildman–Crippen LogP) is 1.27. The predicted molar refractivity (Wildman–Crippen MR) is 107 cm³/mol. The number of nitro benzene ring substituents is 1. The smallest absolute Gasteiger partial charge is 0.270 e. The summed E-state index contributed by atoms with van der Waals surface area (Å²) in [4.78, 5) is 31.3. The van der Waals surface area contributed by atoms with Gasteiger partial charge in [0, 0.05) is 47.5 Å². The number of hydrogen-bond acceptors (Lipinski definition) is 8. The lowest BCUT2D eigenvalue weighted by Crippen LogP contribution is -2.44. The topological polar surface area (TPSA) is 148 Å². The van der Waals surface area contributed by atoms with Crippen LogP contribution < -0.4 is 21.9 Å². The normalized spacial score (nSPS) is 26.0. The van der Waals surface area contributed by atoms with Crippen LogP contribution in [0.4, 0.5) is 11.5 Å². The maximum Gasteiger partial charge on any atom is 0.270 e. The number of rotatable bonds is 5. The summed E-state index contributed by atoms with van der Waals surface area (Å²) in [5.74, 6) is 0.871. The van der Waals surface area contributed by atoms with Gasteiger partial charge in [-0.25, -0.2) is 15.4 Å². The van der Waals surface area contributed by atoms with Gasteiger partial charge in [-0.3, -0.25) is 20.3 Å². The summed E-state index contributed by atoms with van der Waals surface area (Å²) in [6, 6.07) is 8.14. The van der Waals surface area contributed by atoms with Crippen molar-refractivity contribution in [3.05, 3.63) is 46.1 Å². The summed E-state index contributed by atoms with van der Waals surface area (Å²) in [6.07, 6.45) is 2.63. The van der Waals surface area contributed by atoms with Crippen molar-refractivity contribution in [1.29, 1.82) is 0 Å². The number of nitrogens with two attached hydrogens (primary N) is 1. The molecule has 152 valence electrons. The molecule has 1 aliphatic heterocycles. The first-order valence-corrected chi connectivity index (χ1v) is 9.58. The van der Waals surface area contributed by atoms with Crippen molar-refractivity contribution < 1.29 is 9.72 Å². The van der Waals surface area contributed by atoms with E-state index in [1.165, 1.54) is 12.1 Å². The number of nitro groups is 1. The molecule has 0 spiro atoms. The van der Waals surface area contributed by atoms with Gasteiger partial charge in [-0.05, 0) is 26.2 Å². The Hall–Kier alpha value is -3.11. The molecule has 5 N–H and O–H groups in total. The third-order valence-corrected chi connectivity index (χ3v) is 5.58. The van der Waals surface area contributed by atoms with Crippen molar-refractivity contribution >= 4 is 17.4 Å². The SMILES string of the molecule is Cc1cc(NC2CCC3NNC(C(N)=O)C3C2)nc(-c2cccc([N+](=O)[O-])c2)n1. The molecule has 1 saturated heterocycles. The zero-order valence-electron chi connectivity index (χ0n) is 16.0. The van der Waals surface area contributed by atoms with E-state index in [9.17, 15) is 14.9 Å². The molecule has 0 bridgehead atoms. The number of aryl methyl sites for hydroxylation is 1. The van der Waals surface area contributed by atoms with Crippen LogP contribution in [0.15, 0.2) is 30.3 Å². The van der Waals surface area contributed by atoms with E-state index in [0.717, 1.165) is 25.0 Å². The van der Waals surface area contributed by atoms with Gasteiger partial charge in [-0.1, -0.05) is 12.1 Å². The second kappa shape index (κ2) is 7.72. The highest BCUT2D eigenvalue weighted by molar-refractivity contribution is 5.80. The van der Waals surface area contributed by atoms with Crippen LogP contribution in [0.1, 0.15) is 25.0 Å². The fourth-order valence-electron chi connectivity index (χ4n) is 4.21. The molecule has 1 saturated carbocycles. The van der Waals surface area contributed by atoms with Crippen LogP contribution in [0.3, 0.4) is 0 Å². The Labute approximate surface area is 167 Å². The van der Waals surface area contributed by atoms with E-state index in [4.69, 9.17) is 5.73 Å². The number of carbonyl (C=O) groups is 1. The molecule has 2 heterocycles. The van der Waals surface area contributed by atoms with Crippen molar-refractivity contribution in [2.75, 3.05) is 5.32 Å². The standard InChI is InChI=1S/C19H23N7O3/c1-10-7-16(23-19(21-10)11-3-2-4-13(8-11)26(28)29)22-12-5-6-15-14(9-12)17(18(20)27)25-24-15/h2-4,7-8,12,14-15,17,24-25H,5-6,9H2,1H3,(H2,20,27)(H,21,22,23). The second-order valence-electron chi connectivity index (χ2n) is 7.62. The van der Waals surface area contributed by atoms with E-state index in [2.05, 4.69) is 26.1 Å². The molecule has 4 unspecified atom stereocenters. The number of nitrogens with one attached hydrogen (secondary N) is 3. The van der Waals surface area contributed by atoms with Gasteiger partial charge >= 0.3 is 0 Å². The van der Waals surface area contributed by atoms with Gasteiger partial charge in [0.2, 0.25) is 5.91 Å². The summed E-state index contributed by atoms with van der Waals surface area (Å²) in [7, 11) is 0. The van der Waals surface area contributed by atoms with E-state index in [0.29, 0.717) is 17.2 Å². The summed E-state index contributed by atoms with van der Waals surface area (Å²) in [6.45, 7) is 1.86. The quantitative estimate of drug-likeness (QED) is 0.435. The molecule has 29 heavy (non-hydrogen) atoms. The van der Waals surface area contributed by atoms with Gasteiger partial charge in [-0.2, -0.15) is 0 Å². The van der Waals surface area contributed by atoms with E-state index in [1.54, 1.807) is 12.1 Å². The summed E-state index contributed by atoms with van der Waals surface area (Å²) in [5.41, 5.74) is 13.0. The minimum atomic E-state index is -0.435. The number of hydrazine groups is 1. The maximum absolute atomic E-state index is 11.7. The Morgan fingerprint density at radius 3 is 2.86 bits per heavy atom. The van der Waals surface area contributed by atoms with Gasteiger partial charge in [0.15, 0.2) is 5.82 Å². The Morgan fingerprint density at radius 2 is 2.10 bits per heavy atom. The van der Waals surface area contributed by atoms with Gasteiger partial charge < -0.3 is 11.1 Å². The monoisotopic (exact) mass is 397 g/mol. The van der Waals surface area contributed by atoms with Crippen molar-refractivity contribution in [2.45, 2.75) is 44.3 Å². The minimum absolute atomic E-state index is 0.000774. The van der Waals surface area contributed by atoms with E-state index >= 15 is 0 Å². The molecule has 2 fully saturated rings. The number of hydrogen-bond donors (Lipinski definition) is 4. The Kier molecular flexibility index (Phi) is 5.12. The van der Waals surface area contributed by atoms with Gasteiger partial charge in [0.05, 0.1) is 4.92 Å². The van der Waals surface area contributed by atoms with Gasteiger partial charge in [0.1, 0.15) is 11.9 Å². The molecule has 10 nitrogen and oxygen atoms in total. The number of benzene rings is 1. The molecule has 2 aliphatic rings. The van der Waals surface area contributed by atoms with Crippen LogP contribution in [-0.2, 0) is 4.79 Å². The minimum Gasteiger partial charge on any atom is -0.368 e. The fourth-order valence-corrected chi connectivity index (χ4v) is 4.21. The summed E-state index contributed by atoms with van der Waals surface area (Å²) >= 11 is 0. The third kappa shape index (κ3) is 4.03. The third-order valence-electron chi connectivity index (χ3n) is 5.58. The molecule has 2 aromatic rings. The number of anilines is 1. The summed E-state index contributed by atoms with van der Waals surface area (Å²) in [5, 5.41) is 14.5. The largest absolute Gasteiger partial charge is 0.368 e. The lowest BCUT2D eigenvalue weighted by atomic mass is 9.79. The van der Waals surface area contributed by atoms with E-state index < -0.39 is 4.92 Å². The first-order chi connectivity index (χ1) is 13.9. The fraction of sp³-hybridized carbons (Fsp3) is 0.421. The molecule has 0 radical (unpaired) electrons. The first kappa shape index (κ1) is 19.2. The zero-order valence-corrected chi connectivity index (χ0v) is 16.0. The highest BCUT2D eigenvalue weighted by atomic mass is 16.6. The number of nitrogens with zero attached hydrogens (tertiary/aromatic N) is 3. The number of amides is 1. The maximum atomic E-state index is 11.7. The second-order valence-corrected chi connectivity index (χ2v) is 7.62. The Morgan fingerprint density at radius 1 is 1.28 bits per heavy atom. The Bertz CT molecular complexity index is 951. The van der Waals surface area contributed by atoms with Crippen LogP contribution in [0.2, 0.25) is 0 Å². The molecule has 1 aromatic carbocycles. The molecule has 1 aliphatic carbocycles. The molecular formula is C19H23N7O3. The number of non-ortho nitro benzene ring substituents is 1. The molecule has 10 heteroatoms. The Balaban J connectivity index is 1.53. The van der Waals surface area contributed by atoms with Crippen LogP contribution >= 0.6 is 0 Å². The highest BCUT2D eigenvalue weighted by Crippen LogP contribution is 2.32. The van der Waals surface area contributed by atoms with Crippen LogP contribution in [0.5, 0.6) is 0 Å². The molecular weight excluding hydrogens is 374 g/mol. The molecule has 4 rings (SSSR count). The first-order valence-electron chi connectivity index (χ1n) is 9.58. The molecule has 1 aromatic heterocycles. The number of carbonyl (C=O) groups excluding carboxylic acids is 1. The van der Waals surface area contributed by atoms with Crippen molar-refractivity contribution in [2.24, 2.45) is 11.7 Å². The lowest BCUT2D eigenvalue weighted by Gasteiger charge is -2.33. The van der Waals surface area contributed by atoms with E-state index in [1.807, 2.05) is 13.0 Å². The zero-order chi connectivity index (χ0) is 20.5. The molecule has 4 atom stereocenters. The molecule has 1 amide bonds. The van der Waals surface area contributed by atoms with Crippen molar-refractivity contribution in [3.8, 4) is 11.4 Å². The average Bonchev–Trinajstić information content (AvgIpc) is 3.11. The highest BCUT2D eigenvalue weighted by Gasteiger charge is 2.42. The van der Waals surface area contributed by atoms with Crippen LogP contribution in [-0.4, -0.2) is 38.9 Å². The van der Waals surface area contributed by atoms with Crippen LogP contribution in [0.25, 0.3) is 11.4 Å². The lowest BCUT2D eigenvalue weighted by molar-refractivity contribution is -0.384. The summed E-state index contributed by atoms with van der Waals surface area (Å²) < 4.78 is 0.